The third-order valence-corrected chi connectivity index (χ3v) is 3.67. The van der Waals surface area contributed by atoms with Gasteiger partial charge in [-0.25, -0.2) is 4.39 Å². The van der Waals surface area contributed by atoms with Crippen LogP contribution in [0.15, 0.2) is 18.2 Å². The number of hydrogen-bond acceptors (Lipinski definition) is 6. The summed E-state index contributed by atoms with van der Waals surface area (Å²) in [6, 6.07) is 4.37. The van der Waals surface area contributed by atoms with Crippen molar-refractivity contribution in [2.24, 2.45) is 0 Å². The molecule has 1 aliphatic rings. The molecule has 0 radical (unpaired) electrons. The normalized spacial score (nSPS) is 15.6. The summed E-state index contributed by atoms with van der Waals surface area (Å²) in [6.45, 7) is 5.31. The first kappa shape index (κ1) is 15.5. The Kier molecular flexibility index (Phi) is 4.58. The summed E-state index contributed by atoms with van der Waals surface area (Å²) < 4.78 is 15.4. The fraction of sp³-hybridized carbons (Fsp3) is 0.429. The Morgan fingerprint density at radius 3 is 2.87 bits per heavy atom. The van der Waals surface area contributed by atoms with E-state index in [1.165, 1.54) is 16.8 Å². The molecule has 1 aromatic heterocycles. The molecule has 0 bridgehead atoms. The zero-order chi connectivity index (χ0) is 16.2. The zero-order valence-corrected chi connectivity index (χ0v) is 12.8. The van der Waals surface area contributed by atoms with E-state index in [1.54, 1.807) is 13.0 Å². The van der Waals surface area contributed by atoms with E-state index < -0.39 is 5.82 Å². The van der Waals surface area contributed by atoms with E-state index in [0.29, 0.717) is 11.5 Å². The highest BCUT2D eigenvalue weighted by Crippen LogP contribution is 2.19. The average molecular weight is 319 g/mol. The molecule has 0 unspecified atom stereocenters. The summed E-state index contributed by atoms with van der Waals surface area (Å²) in [6.07, 6.45) is 0. The Balaban J connectivity index is 1.71. The lowest BCUT2D eigenvalue weighted by Crippen LogP contribution is -2.46. The topological polar surface area (TPSA) is 88.0 Å². The standard InChI is InChI=1S/C14H18FN7O/c1-10-18-19-20-22(10)11-2-3-12(15)13(8-11)17-14(23)9-21-6-4-16-5-7-21/h2-3,8,16H,4-7,9H2,1H3,(H,17,23). The number of carbonyl (C=O) groups excluding carboxylic acids is 1. The summed E-state index contributed by atoms with van der Waals surface area (Å²) in [7, 11) is 0. The fourth-order valence-electron chi connectivity index (χ4n) is 2.47. The van der Waals surface area contributed by atoms with Gasteiger partial charge in [-0.15, -0.1) is 5.10 Å². The number of aryl methyl sites for hydroxylation is 1. The highest BCUT2D eigenvalue weighted by Gasteiger charge is 2.15. The minimum atomic E-state index is -0.492. The van der Waals surface area contributed by atoms with Crippen molar-refractivity contribution in [3.8, 4) is 5.69 Å². The molecule has 1 saturated heterocycles. The van der Waals surface area contributed by atoms with Crippen molar-refractivity contribution >= 4 is 11.6 Å². The molecule has 0 atom stereocenters. The van der Waals surface area contributed by atoms with E-state index in [9.17, 15) is 9.18 Å². The van der Waals surface area contributed by atoms with E-state index in [1.807, 2.05) is 4.90 Å². The number of anilines is 1. The first-order chi connectivity index (χ1) is 11.1. The van der Waals surface area contributed by atoms with Gasteiger partial charge < -0.3 is 10.6 Å². The van der Waals surface area contributed by atoms with E-state index in [4.69, 9.17) is 0 Å². The van der Waals surface area contributed by atoms with Gasteiger partial charge >= 0.3 is 0 Å². The van der Waals surface area contributed by atoms with Crippen LogP contribution in [-0.4, -0.2) is 63.7 Å². The summed E-state index contributed by atoms with van der Waals surface area (Å²) in [5, 5.41) is 17.0. The number of nitrogens with zero attached hydrogens (tertiary/aromatic N) is 5. The minimum absolute atomic E-state index is 0.123. The molecule has 2 N–H and O–H groups in total. The molecule has 1 aliphatic heterocycles. The molecule has 3 rings (SSSR count). The Bertz CT molecular complexity index is 696. The van der Waals surface area contributed by atoms with Crippen LogP contribution >= 0.6 is 0 Å². The van der Waals surface area contributed by atoms with Crippen LogP contribution in [0.2, 0.25) is 0 Å². The van der Waals surface area contributed by atoms with Gasteiger partial charge in [0.2, 0.25) is 5.91 Å². The van der Waals surface area contributed by atoms with Gasteiger partial charge in [0.15, 0.2) is 5.82 Å². The predicted molar refractivity (Wildman–Crippen MR) is 81.8 cm³/mol. The van der Waals surface area contributed by atoms with Crippen LogP contribution in [-0.2, 0) is 4.79 Å². The van der Waals surface area contributed by atoms with Crippen LogP contribution in [0.3, 0.4) is 0 Å². The Morgan fingerprint density at radius 2 is 2.17 bits per heavy atom. The van der Waals surface area contributed by atoms with E-state index >= 15 is 0 Å². The third-order valence-electron chi connectivity index (χ3n) is 3.67. The molecule has 2 heterocycles. The molecule has 2 aromatic rings. The zero-order valence-electron chi connectivity index (χ0n) is 12.8. The highest BCUT2D eigenvalue weighted by atomic mass is 19.1. The van der Waals surface area contributed by atoms with E-state index in [2.05, 4.69) is 26.2 Å². The molecular formula is C14H18FN7O. The fourth-order valence-corrected chi connectivity index (χ4v) is 2.47. The first-order valence-corrected chi connectivity index (χ1v) is 7.41. The molecule has 0 saturated carbocycles. The quantitative estimate of drug-likeness (QED) is 0.822. The van der Waals surface area contributed by atoms with Crippen LogP contribution in [0.4, 0.5) is 10.1 Å². The first-order valence-electron chi connectivity index (χ1n) is 7.41. The monoisotopic (exact) mass is 319 g/mol. The number of rotatable bonds is 4. The van der Waals surface area contributed by atoms with Gasteiger partial charge in [-0.1, -0.05) is 0 Å². The number of halogens is 1. The van der Waals surface area contributed by atoms with Crippen LogP contribution in [0.1, 0.15) is 5.82 Å². The molecule has 1 fully saturated rings. The SMILES string of the molecule is Cc1nnnn1-c1ccc(F)c(NC(=O)CN2CCNCC2)c1. The van der Waals surface area contributed by atoms with Crippen molar-refractivity contribution in [1.82, 2.24) is 30.4 Å². The number of benzene rings is 1. The second-order valence-corrected chi connectivity index (χ2v) is 5.38. The van der Waals surface area contributed by atoms with Crippen LogP contribution in [0.25, 0.3) is 5.69 Å². The number of carbonyl (C=O) groups is 1. The number of tetrazole rings is 1. The molecule has 23 heavy (non-hydrogen) atoms. The Labute approximate surface area is 132 Å². The molecule has 122 valence electrons. The van der Waals surface area contributed by atoms with Gasteiger partial charge in [0, 0.05) is 26.2 Å². The lowest BCUT2D eigenvalue weighted by molar-refractivity contribution is -0.117. The van der Waals surface area contributed by atoms with Crippen molar-refractivity contribution < 1.29 is 9.18 Å². The van der Waals surface area contributed by atoms with Gasteiger partial charge in [-0.05, 0) is 35.5 Å². The molecule has 0 aliphatic carbocycles. The summed E-state index contributed by atoms with van der Waals surface area (Å²) in [5.74, 6) is -0.153. The van der Waals surface area contributed by atoms with Crippen molar-refractivity contribution in [3.63, 3.8) is 0 Å². The largest absolute Gasteiger partial charge is 0.322 e. The number of amides is 1. The van der Waals surface area contributed by atoms with Crippen LogP contribution in [0.5, 0.6) is 0 Å². The Morgan fingerprint density at radius 1 is 1.39 bits per heavy atom. The minimum Gasteiger partial charge on any atom is -0.322 e. The summed E-state index contributed by atoms with van der Waals surface area (Å²) in [5.41, 5.74) is 0.712. The number of aromatic nitrogens is 4. The van der Waals surface area contributed by atoms with Gasteiger partial charge in [0.1, 0.15) is 5.82 Å². The maximum absolute atomic E-state index is 14.0. The predicted octanol–water partition coefficient (Wildman–Crippen LogP) is -0.0465. The second kappa shape index (κ2) is 6.80. The van der Waals surface area contributed by atoms with Crippen LogP contribution in [0, 0.1) is 12.7 Å². The number of hydrogen-bond donors (Lipinski definition) is 2. The Hall–Kier alpha value is -2.39. The molecule has 9 heteroatoms. The smallest absolute Gasteiger partial charge is 0.238 e. The maximum Gasteiger partial charge on any atom is 0.238 e. The van der Waals surface area contributed by atoms with Crippen molar-refractivity contribution in [3.05, 3.63) is 29.8 Å². The van der Waals surface area contributed by atoms with E-state index in [-0.39, 0.29) is 18.1 Å². The summed E-state index contributed by atoms with van der Waals surface area (Å²) >= 11 is 0. The second-order valence-electron chi connectivity index (χ2n) is 5.38. The number of nitrogens with one attached hydrogen (secondary N) is 2. The van der Waals surface area contributed by atoms with Gasteiger partial charge in [-0.2, -0.15) is 4.68 Å². The average Bonchev–Trinajstić information content (AvgIpc) is 2.96. The highest BCUT2D eigenvalue weighted by molar-refractivity contribution is 5.92. The van der Waals surface area contributed by atoms with Crippen molar-refractivity contribution in [2.75, 3.05) is 38.0 Å². The third kappa shape index (κ3) is 3.69. The molecule has 0 spiro atoms. The molecular weight excluding hydrogens is 301 g/mol. The van der Waals surface area contributed by atoms with Gasteiger partial charge in [0.05, 0.1) is 17.9 Å². The van der Waals surface area contributed by atoms with Crippen molar-refractivity contribution in [1.29, 1.82) is 0 Å². The molecule has 8 nitrogen and oxygen atoms in total. The van der Waals surface area contributed by atoms with Crippen molar-refractivity contribution in [2.45, 2.75) is 6.92 Å². The lowest BCUT2D eigenvalue weighted by Gasteiger charge is -2.26. The lowest BCUT2D eigenvalue weighted by atomic mass is 10.2. The summed E-state index contributed by atoms with van der Waals surface area (Å²) in [4.78, 5) is 14.1. The van der Waals surface area contributed by atoms with E-state index in [0.717, 1.165) is 26.2 Å². The maximum atomic E-state index is 14.0. The molecule has 1 amide bonds. The molecule has 1 aromatic carbocycles. The van der Waals surface area contributed by atoms with Gasteiger partial charge in [-0.3, -0.25) is 9.69 Å². The van der Waals surface area contributed by atoms with Crippen LogP contribution < -0.4 is 10.6 Å². The number of piperazine rings is 1. The van der Waals surface area contributed by atoms with Gasteiger partial charge in [0.25, 0.3) is 0 Å².